The Morgan fingerprint density at radius 3 is 2.43 bits per heavy atom. The smallest absolute Gasteiger partial charge is 0.400 e. The summed E-state index contributed by atoms with van der Waals surface area (Å²) in [5.74, 6) is 0. The van der Waals surface area contributed by atoms with Crippen LogP contribution in [0.1, 0.15) is 33.4 Å². The number of likely N-dealkylation sites (N-methyl/N-ethyl adjacent to an activating group) is 1. The fourth-order valence-corrected chi connectivity index (χ4v) is 2.03. The van der Waals surface area contributed by atoms with Crippen molar-refractivity contribution in [3.63, 3.8) is 0 Å². The summed E-state index contributed by atoms with van der Waals surface area (Å²) in [6.45, 7) is 8.67. The molecule has 1 aromatic heterocycles. The fraction of sp³-hybridized carbons (Fsp3) is 0.571. The summed E-state index contributed by atoms with van der Waals surface area (Å²) in [5, 5.41) is 9.51. The van der Waals surface area contributed by atoms with Crippen LogP contribution in [0.2, 0.25) is 0 Å². The zero-order valence-corrected chi connectivity index (χ0v) is 13.2. The van der Waals surface area contributed by atoms with Crippen molar-refractivity contribution in [3.8, 4) is 0 Å². The number of nitrogens with one attached hydrogen (secondary N) is 2. The lowest BCUT2D eigenvalue weighted by Gasteiger charge is -2.32. The third-order valence-corrected chi connectivity index (χ3v) is 3.97. The maximum Gasteiger partial charge on any atom is 0.491 e. The van der Waals surface area contributed by atoms with Crippen LogP contribution in [0.5, 0.6) is 0 Å². The molecule has 2 rings (SSSR count). The maximum atomic E-state index is 11.1. The molecule has 1 saturated heterocycles. The lowest BCUT2D eigenvalue weighted by Crippen LogP contribution is -2.41. The quantitative estimate of drug-likeness (QED) is 0.810. The molecule has 1 aliphatic heterocycles. The van der Waals surface area contributed by atoms with Gasteiger partial charge in [-0.15, -0.1) is 0 Å². The Morgan fingerprint density at radius 2 is 1.95 bits per heavy atom. The Hall–Kier alpha value is -1.44. The van der Waals surface area contributed by atoms with E-state index < -0.39 is 7.12 Å². The van der Waals surface area contributed by atoms with Crippen molar-refractivity contribution >= 4 is 13.2 Å². The average molecular weight is 291 g/mol. The van der Waals surface area contributed by atoms with Crippen molar-refractivity contribution in [2.75, 3.05) is 13.6 Å². The lowest BCUT2D eigenvalue weighted by atomic mass is 9.77. The highest BCUT2D eigenvalue weighted by Crippen LogP contribution is 2.38. The second kappa shape index (κ2) is 5.75. The van der Waals surface area contributed by atoms with Gasteiger partial charge in [0.15, 0.2) is 0 Å². The average Bonchev–Trinajstić information content (AvgIpc) is 2.60. The molecule has 0 radical (unpaired) electrons. The number of H-pyrrole nitrogens is 1. The highest BCUT2D eigenvalue weighted by atomic mass is 16.7. The van der Waals surface area contributed by atoms with E-state index in [2.05, 4.69) is 15.5 Å². The molecule has 0 bridgehead atoms. The van der Waals surface area contributed by atoms with Crippen LogP contribution >= 0.6 is 0 Å². The molecule has 2 N–H and O–H groups in total. The normalized spacial score (nSPS) is 20.8. The van der Waals surface area contributed by atoms with Crippen LogP contribution in [0.15, 0.2) is 22.4 Å². The van der Waals surface area contributed by atoms with E-state index >= 15 is 0 Å². The number of nitrogens with zero attached hydrogens (tertiary/aromatic N) is 1. The first-order chi connectivity index (χ1) is 9.75. The van der Waals surface area contributed by atoms with Crippen molar-refractivity contribution in [3.05, 3.63) is 33.7 Å². The SMILES string of the molecule is CNCC(=Cc1ccc(=O)[nH]n1)B1OC(C)(C)C(C)(C)O1. The van der Waals surface area contributed by atoms with Crippen LogP contribution in [0.3, 0.4) is 0 Å². The Morgan fingerprint density at radius 1 is 1.33 bits per heavy atom. The van der Waals surface area contributed by atoms with Gasteiger partial charge >= 0.3 is 7.12 Å². The minimum atomic E-state index is -0.434. The number of aromatic nitrogens is 2. The van der Waals surface area contributed by atoms with Gasteiger partial charge in [0.05, 0.1) is 16.9 Å². The van der Waals surface area contributed by atoms with Gasteiger partial charge in [-0.25, -0.2) is 5.10 Å². The van der Waals surface area contributed by atoms with Gasteiger partial charge in [-0.05, 0) is 52.4 Å². The Bertz CT molecular complexity index is 559. The number of rotatable bonds is 4. The number of hydrogen-bond donors (Lipinski definition) is 2. The molecule has 0 spiro atoms. The predicted molar refractivity (Wildman–Crippen MR) is 82.8 cm³/mol. The van der Waals surface area contributed by atoms with Crippen molar-refractivity contribution in [1.82, 2.24) is 15.5 Å². The number of hydrogen-bond acceptors (Lipinski definition) is 5. The molecule has 1 fully saturated rings. The summed E-state index contributed by atoms with van der Waals surface area (Å²) in [6, 6.07) is 3.11. The van der Waals surface area contributed by atoms with E-state index in [0.717, 1.165) is 5.47 Å². The Balaban J connectivity index is 2.28. The van der Waals surface area contributed by atoms with E-state index in [1.54, 1.807) is 6.07 Å². The molecular weight excluding hydrogens is 269 g/mol. The topological polar surface area (TPSA) is 76.2 Å². The lowest BCUT2D eigenvalue weighted by molar-refractivity contribution is 0.00578. The van der Waals surface area contributed by atoms with Crippen LogP contribution < -0.4 is 10.9 Å². The van der Waals surface area contributed by atoms with Crippen LogP contribution in [-0.4, -0.2) is 42.1 Å². The highest BCUT2D eigenvalue weighted by Gasteiger charge is 2.52. The molecule has 0 unspecified atom stereocenters. The van der Waals surface area contributed by atoms with Gasteiger partial charge in [0.1, 0.15) is 0 Å². The van der Waals surface area contributed by atoms with Gasteiger partial charge in [-0.1, -0.05) is 0 Å². The van der Waals surface area contributed by atoms with E-state index in [4.69, 9.17) is 9.31 Å². The molecule has 114 valence electrons. The summed E-state index contributed by atoms with van der Waals surface area (Å²) < 4.78 is 12.1. The minimum Gasteiger partial charge on any atom is -0.400 e. The summed E-state index contributed by atoms with van der Waals surface area (Å²) in [5.41, 5.74) is 0.592. The fourth-order valence-electron chi connectivity index (χ4n) is 2.03. The summed E-state index contributed by atoms with van der Waals surface area (Å²) in [6.07, 6.45) is 1.87. The summed E-state index contributed by atoms with van der Waals surface area (Å²) in [4.78, 5) is 11.1. The Kier molecular flexibility index (Phi) is 4.36. The van der Waals surface area contributed by atoms with Crippen molar-refractivity contribution < 1.29 is 9.31 Å². The Labute approximate surface area is 125 Å². The molecule has 21 heavy (non-hydrogen) atoms. The van der Waals surface area contributed by atoms with E-state index in [9.17, 15) is 4.79 Å². The molecule has 1 aliphatic rings. The summed E-state index contributed by atoms with van der Waals surface area (Å²) in [7, 11) is 1.43. The minimum absolute atomic E-state index is 0.224. The molecule has 0 aliphatic carbocycles. The van der Waals surface area contributed by atoms with Crippen LogP contribution in [-0.2, 0) is 9.31 Å². The van der Waals surface area contributed by atoms with Gasteiger partial charge in [0.25, 0.3) is 5.56 Å². The van der Waals surface area contributed by atoms with E-state index in [0.29, 0.717) is 12.2 Å². The van der Waals surface area contributed by atoms with Crippen molar-refractivity contribution in [1.29, 1.82) is 0 Å². The molecule has 0 amide bonds. The third-order valence-electron chi connectivity index (χ3n) is 3.97. The molecule has 6 nitrogen and oxygen atoms in total. The van der Waals surface area contributed by atoms with E-state index in [1.165, 1.54) is 6.07 Å². The van der Waals surface area contributed by atoms with Gasteiger partial charge in [0, 0.05) is 12.6 Å². The molecule has 0 saturated carbocycles. The first-order valence-corrected chi connectivity index (χ1v) is 7.01. The zero-order valence-electron chi connectivity index (χ0n) is 13.2. The monoisotopic (exact) mass is 291 g/mol. The second-order valence-corrected chi connectivity index (χ2v) is 6.18. The third kappa shape index (κ3) is 3.43. The van der Waals surface area contributed by atoms with E-state index in [1.807, 2.05) is 40.8 Å². The van der Waals surface area contributed by atoms with Crippen molar-refractivity contribution in [2.24, 2.45) is 0 Å². The molecule has 7 heteroatoms. The van der Waals surface area contributed by atoms with Crippen LogP contribution in [0.4, 0.5) is 0 Å². The molecule has 1 aromatic rings. The van der Waals surface area contributed by atoms with Gasteiger partial charge in [0.2, 0.25) is 0 Å². The van der Waals surface area contributed by atoms with Gasteiger partial charge < -0.3 is 14.6 Å². The second-order valence-electron chi connectivity index (χ2n) is 6.18. The standard InChI is InChI=1S/C14H22BN3O3/c1-13(2)14(3,4)21-15(20-13)10(9-16-5)8-11-6-7-12(19)18-17-11/h6-8,16H,9H2,1-5H3,(H,18,19). The van der Waals surface area contributed by atoms with Gasteiger partial charge in [-0.2, -0.15) is 5.10 Å². The summed E-state index contributed by atoms with van der Waals surface area (Å²) >= 11 is 0. The maximum absolute atomic E-state index is 11.1. The number of aromatic amines is 1. The zero-order chi connectivity index (χ0) is 15.7. The van der Waals surface area contributed by atoms with Crippen LogP contribution in [0.25, 0.3) is 6.08 Å². The first kappa shape index (κ1) is 15.9. The largest absolute Gasteiger partial charge is 0.491 e. The van der Waals surface area contributed by atoms with Crippen LogP contribution in [0, 0.1) is 0 Å². The first-order valence-electron chi connectivity index (χ1n) is 7.01. The van der Waals surface area contributed by atoms with Gasteiger partial charge in [-0.3, -0.25) is 4.79 Å². The molecule has 0 aromatic carbocycles. The molecular formula is C14H22BN3O3. The highest BCUT2D eigenvalue weighted by molar-refractivity contribution is 6.55. The molecule has 0 atom stereocenters. The van der Waals surface area contributed by atoms with E-state index in [-0.39, 0.29) is 16.8 Å². The predicted octanol–water partition coefficient (Wildman–Crippen LogP) is 1.00. The molecule has 2 heterocycles. The van der Waals surface area contributed by atoms with Crippen molar-refractivity contribution in [2.45, 2.75) is 38.9 Å².